The van der Waals surface area contributed by atoms with Gasteiger partial charge in [-0.15, -0.1) is 0 Å². The van der Waals surface area contributed by atoms with Crippen molar-refractivity contribution >= 4 is 0 Å². The Labute approximate surface area is 167 Å². The van der Waals surface area contributed by atoms with E-state index >= 15 is 0 Å². The fourth-order valence-electron chi connectivity index (χ4n) is 3.35. The van der Waals surface area contributed by atoms with Gasteiger partial charge in [0.25, 0.3) is 0 Å². The first-order chi connectivity index (χ1) is 12.6. The molecular formula is C23H42N4. The van der Waals surface area contributed by atoms with Crippen LogP contribution >= 0.6 is 0 Å². The lowest BCUT2D eigenvalue weighted by Crippen LogP contribution is -2.27. The van der Waals surface area contributed by atoms with Crippen LogP contribution in [-0.2, 0) is 16.2 Å². The van der Waals surface area contributed by atoms with E-state index in [0.29, 0.717) is 0 Å². The molecule has 0 aliphatic heterocycles. The lowest BCUT2D eigenvalue weighted by molar-refractivity contribution is 0.401. The molecule has 2 heterocycles. The summed E-state index contributed by atoms with van der Waals surface area (Å²) in [5.41, 5.74) is 3.10. The highest BCUT2D eigenvalue weighted by Gasteiger charge is 2.36. The molecular weight excluding hydrogens is 332 g/mol. The van der Waals surface area contributed by atoms with E-state index in [1.54, 1.807) is 18.7 Å². The molecule has 0 aliphatic rings. The van der Waals surface area contributed by atoms with Crippen molar-refractivity contribution in [3.8, 4) is 0 Å². The fraction of sp³-hybridized carbons (Fsp3) is 0.739. The van der Waals surface area contributed by atoms with Crippen molar-refractivity contribution in [3.63, 3.8) is 0 Å². The maximum Gasteiger partial charge on any atom is 0.112 e. The Morgan fingerprint density at radius 2 is 1.52 bits per heavy atom. The number of rotatable bonds is 8. The average molecular weight is 375 g/mol. The standard InChI is InChI=1S/C20H38N2.C3H4N2/c1-10-14-19(7,8)17-21-15(18(5,6)11-2)16(22-17)20(9,12-3)13-4;1-2-5-3-4-1/h10-14H2,1-9H3,(H,21,22);1-3H,(H,4,5). The van der Waals surface area contributed by atoms with Crippen LogP contribution in [0, 0.1) is 0 Å². The molecule has 0 unspecified atom stereocenters. The molecule has 4 nitrogen and oxygen atoms in total. The van der Waals surface area contributed by atoms with Crippen LogP contribution in [0.2, 0.25) is 0 Å². The Balaban J connectivity index is 0.000000625. The van der Waals surface area contributed by atoms with Crippen molar-refractivity contribution in [2.45, 2.75) is 111 Å². The van der Waals surface area contributed by atoms with Gasteiger partial charge >= 0.3 is 0 Å². The molecule has 154 valence electrons. The Bertz CT molecular complexity index is 629. The molecule has 2 rings (SSSR count). The Morgan fingerprint density at radius 3 is 1.89 bits per heavy atom. The third-order valence-electron chi connectivity index (χ3n) is 6.31. The molecule has 0 amide bonds. The summed E-state index contributed by atoms with van der Waals surface area (Å²) in [6.45, 7) is 20.8. The number of nitrogens with zero attached hydrogens (tertiary/aromatic N) is 2. The highest BCUT2D eigenvalue weighted by atomic mass is 15.0. The summed E-state index contributed by atoms with van der Waals surface area (Å²) in [4.78, 5) is 15.3. The normalized spacial score (nSPS) is 12.6. The van der Waals surface area contributed by atoms with Crippen LogP contribution < -0.4 is 0 Å². The SMILES string of the molecule is CCCC(C)(C)c1nc(C(C)(C)CC)c(C(C)(CC)CC)[nH]1.c1c[nH]cn1. The van der Waals surface area contributed by atoms with Crippen LogP contribution in [-0.4, -0.2) is 19.9 Å². The first-order valence-electron chi connectivity index (χ1n) is 10.6. The van der Waals surface area contributed by atoms with Gasteiger partial charge in [0.1, 0.15) is 5.82 Å². The zero-order valence-electron chi connectivity index (χ0n) is 19.2. The number of aromatic nitrogens is 4. The number of nitrogens with one attached hydrogen (secondary N) is 2. The summed E-state index contributed by atoms with van der Waals surface area (Å²) < 4.78 is 0. The van der Waals surface area contributed by atoms with E-state index in [-0.39, 0.29) is 16.2 Å². The minimum atomic E-state index is 0.119. The van der Waals surface area contributed by atoms with Gasteiger partial charge in [0, 0.05) is 34.3 Å². The molecule has 2 aromatic heterocycles. The van der Waals surface area contributed by atoms with Gasteiger partial charge in [-0.1, -0.05) is 68.7 Å². The van der Waals surface area contributed by atoms with E-state index in [9.17, 15) is 0 Å². The van der Waals surface area contributed by atoms with Crippen molar-refractivity contribution in [1.82, 2.24) is 19.9 Å². The average Bonchev–Trinajstić information content (AvgIpc) is 3.34. The monoisotopic (exact) mass is 374 g/mol. The molecule has 0 aliphatic carbocycles. The van der Waals surface area contributed by atoms with Crippen LogP contribution in [0.5, 0.6) is 0 Å². The van der Waals surface area contributed by atoms with Gasteiger partial charge in [-0.2, -0.15) is 0 Å². The second-order valence-electron chi connectivity index (χ2n) is 9.21. The predicted octanol–water partition coefficient (Wildman–Crippen LogP) is 6.66. The smallest absolute Gasteiger partial charge is 0.112 e. The number of H-pyrrole nitrogens is 2. The van der Waals surface area contributed by atoms with Gasteiger partial charge in [0.2, 0.25) is 0 Å². The first-order valence-corrected chi connectivity index (χ1v) is 10.6. The molecule has 27 heavy (non-hydrogen) atoms. The van der Waals surface area contributed by atoms with Crippen LogP contribution in [0.4, 0.5) is 0 Å². The summed E-state index contributed by atoms with van der Waals surface area (Å²) in [5, 5.41) is 0. The Morgan fingerprint density at radius 1 is 0.889 bits per heavy atom. The van der Waals surface area contributed by atoms with Crippen LogP contribution in [0.25, 0.3) is 0 Å². The van der Waals surface area contributed by atoms with E-state index in [2.05, 4.69) is 77.3 Å². The van der Waals surface area contributed by atoms with Gasteiger partial charge < -0.3 is 9.97 Å². The highest BCUT2D eigenvalue weighted by molar-refractivity contribution is 5.31. The predicted molar refractivity (Wildman–Crippen MR) is 116 cm³/mol. The maximum atomic E-state index is 5.15. The van der Waals surface area contributed by atoms with Gasteiger partial charge in [0.05, 0.1) is 12.0 Å². The van der Waals surface area contributed by atoms with Gasteiger partial charge in [-0.05, 0) is 25.7 Å². The summed E-state index contributed by atoms with van der Waals surface area (Å²) >= 11 is 0. The minimum absolute atomic E-state index is 0.119. The van der Waals surface area contributed by atoms with Crippen LogP contribution in [0.1, 0.15) is 112 Å². The van der Waals surface area contributed by atoms with Crippen molar-refractivity contribution < 1.29 is 0 Å². The topological polar surface area (TPSA) is 57.4 Å². The third kappa shape index (κ3) is 5.70. The molecule has 0 saturated heterocycles. The van der Waals surface area contributed by atoms with E-state index < -0.39 is 0 Å². The first kappa shape index (κ1) is 23.5. The molecule has 4 heteroatoms. The molecule has 0 aromatic carbocycles. The van der Waals surface area contributed by atoms with Crippen molar-refractivity contribution in [2.24, 2.45) is 0 Å². The summed E-state index contributed by atoms with van der Waals surface area (Å²) in [5.74, 6) is 1.18. The molecule has 2 N–H and O–H groups in total. The Hall–Kier alpha value is -1.58. The maximum absolute atomic E-state index is 5.15. The lowest BCUT2D eigenvalue weighted by atomic mass is 9.75. The zero-order valence-corrected chi connectivity index (χ0v) is 19.2. The number of aromatic amines is 2. The number of hydrogen-bond donors (Lipinski definition) is 2. The number of imidazole rings is 2. The summed E-state index contributed by atoms with van der Waals surface area (Å²) in [7, 11) is 0. The Kier molecular flexibility index (Phi) is 8.31. The van der Waals surface area contributed by atoms with Crippen molar-refractivity contribution in [1.29, 1.82) is 0 Å². The fourth-order valence-corrected chi connectivity index (χ4v) is 3.35. The van der Waals surface area contributed by atoms with Crippen LogP contribution in [0.3, 0.4) is 0 Å². The largest absolute Gasteiger partial charge is 0.351 e. The zero-order chi connectivity index (χ0) is 20.7. The molecule has 0 bridgehead atoms. The van der Waals surface area contributed by atoms with E-state index in [1.165, 1.54) is 30.1 Å². The molecule has 2 aromatic rings. The van der Waals surface area contributed by atoms with Crippen molar-refractivity contribution in [2.75, 3.05) is 0 Å². The molecule has 0 radical (unpaired) electrons. The minimum Gasteiger partial charge on any atom is -0.351 e. The molecule has 0 atom stereocenters. The van der Waals surface area contributed by atoms with Gasteiger partial charge in [-0.3, -0.25) is 0 Å². The van der Waals surface area contributed by atoms with Crippen molar-refractivity contribution in [3.05, 3.63) is 35.9 Å². The second-order valence-corrected chi connectivity index (χ2v) is 9.21. The van der Waals surface area contributed by atoms with E-state index in [1.807, 2.05) is 0 Å². The lowest BCUT2D eigenvalue weighted by Gasteiger charge is -2.31. The molecule has 0 saturated carbocycles. The summed E-state index contributed by atoms with van der Waals surface area (Å²) in [6.07, 6.45) is 10.8. The van der Waals surface area contributed by atoms with Gasteiger partial charge in [-0.25, -0.2) is 9.97 Å². The van der Waals surface area contributed by atoms with Gasteiger partial charge in [0.15, 0.2) is 0 Å². The highest BCUT2D eigenvalue weighted by Crippen LogP contribution is 2.40. The van der Waals surface area contributed by atoms with Crippen LogP contribution in [0.15, 0.2) is 18.7 Å². The van der Waals surface area contributed by atoms with E-state index in [0.717, 1.165) is 19.3 Å². The second kappa shape index (κ2) is 9.57. The number of hydrogen-bond acceptors (Lipinski definition) is 2. The molecule has 0 spiro atoms. The molecule has 0 fully saturated rings. The quantitative estimate of drug-likeness (QED) is 0.542. The van der Waals surface area contributed by atoms with E-state index in [4.69, 9.17) is 4.98 Å². The third-order valence-corrected chi connectivity index (χ3v) is 6.31. The summed E-state index contributed by atoms with van der Waals surface area (Å²) in [6, 6.07) is 0.